The van der Waals surface area contributed by atoms with Crippen LogP contribution in [0.15, 0.2) is 23.2 Å². The van der Waals surface area contributed by atoms with Crippen LogP contribution < -0.4 is 5.32 Å². The fourth-order valence-electron chi connectivity index (χ4n) is 1.78. The number of nitrogens with zero attached hydrogens (tertiary/aromatic N) is 4. The third-order valence-electron chi connectivity index (χ3n) is 2.67. The SMILES string of the molecule is CN(C)CCCCNc1nc(Br)cn2ccnc12. The molecule has 98 valence electrons. The van der Waals surface area contributed by atoms with E-state index in [1.165, 1.54) is 6.42 Å². The normalized spacial score (nSPS) is 11.3. The van der Waals surface area contributed by atoms with Gasteiger partial charge in [-0.1, -0.05) is 0 Å². The van der Waals surface area contributed by atoms with Crippen molar-refractivity contribution < 1.29 is 0 Å². The van der Waals surface area contributed by atoms with E-state index in [9.17, 15) is 0 Å². The van der Waals surface area contributed by atoms with Gasteiger partial charge in [-0.3, -0.25) is 0 Å². The molecule has 0 aliphatic rings. The van der Waals surface area contributed by atoms with Crippen molar-refractivity contribution in [1.29, 1.82) is 0 Å². The van der Waals surface area contributed by atoms with Crippen LogP contribution in [-0.4, -0.2) is 46.5 Å². The molecule has 0 saturated carbocycles. The Morgan fingerprint density at radius 3 is 3.00 bits per heavy atom. The van der Waals surface area contributed by atoms with Gasteiger partial charge in [0.05, 0.1) is 0 Å². The first-order valence-corrected chi connectivity index (χ1v) is 6.84. The lowest BCUT2D eigenvalue weighted by Crippen LogP contribution is -2.14. The van der Waals surface area contributed by atoms with E-state index < -0.39 is 0 Å². The fraction of sp³-hybridized carbons (Fsp3) is 0.500. The highest BCUT2D eigenvalue weighted by atomic mass is 79.9. The number of halogens is 1. The molecule has 2 aromatic heterocycles. The summed E-state index contributed by atoms with van der Waals surface area (Å²) in [5.41, 5.74) is 0.866. The minimum absolute atomic E-state index is 0.809. The molecule has 0 spiro atoms. The molecule has 0 radical (unpaired) electrons. The minimum atomic E-state index is 0.809. The predicted octanol–water partition coefficient (Wildman–Crippen LogP) is 2.25. The summed E-state index contributed by atoms with van der Waals surface area (Å²) in [7, 11) is 4.19. The van der Waals surface area contributed by atoms with Crippen LogP contribution in [0, 0.1) is 0 Å². The maximum atomic E-state index is 4.42. The van der Waals surface area contributed by atoms with Gasteiger partial charge in [0.15, 0.2) is 11.5 Å². The summed E-state index contributed by atoms with van der Waals surface area (Å²) < 4.78 is 2.77. The summed E-state index contributed by atoms with van der Waals surface area (Å²) in [5, 5.41) is 3.35. The quantitative estimate of drug-likeness (QED) is 0.831. The number of unbranched alkanes of at least 4 members (excludes halogenated alkanes) is 1. The van der Waals surface area contributed by atoms with Crippen LogP contribution in [-0.2, 0) is 0 Å². The van der Waals surface area contributed by atoms with Crippen LogP contribution in [0.2, 0.25) is 0 Å². The van der Waals surface area contributed by atoms with E-state index in [0.717, 1.165) is 35.6 Å². The summed E-state index contributed by atoms with van der Waals surface area (Å²) in [5.74, 6) is 0.833. The van der Waals surface area contributed by atoms with Gasteiger partial charge in [-0.25, -0.2) is 9.97 Å². The lowest BCUT2D eigenvalue weighted by atomic mass is 10.3. The van der Waals surface area contributed by atoms with E-state index in [4.69, 9.17) is 0 Å². The zero-order valence-electron chi connectivity index (χ0n) is 10.7. The van der Waals surface area contributed by atoms with Gasteiger partial charge in [0.1, 0.15) is 4.60 Å². The monoisotopic (exact) mass is 311 g/mol. The molecule has 6 heteroatoms. The number of imidazole rings is 1. The van der Waals surface area contributed by atoms with Gasteiger partial charge in [0, 0.05) is 25.1 Å². The Bertz CT molecular complexity index is 508. The smallest absolute Gasteiger partial charge is 0.180 e. The number of anilines is 1. The summed E-state index contributed by atoms with van der Waals surface area (Å²) in [4.78, 5) is 10.9. The molecule has 1 N–H and O–H groups in total. The summed E-state index contributed by atoms with van der Waals surface area (Å²) in [6.07, 6.45) is 7.90. The second kappa shape index (κ2) is 6.15. The Balaban J connectivity index is 1.93. The molecule has 18 heavy (non-hydrogen) atoms. The molecule has 5 nitrogen and oxygen atoms in total. The van der Waals surface area contributed by atoms with E-state index in [-0.39, 0.29) is 0 Å². The number of rotatable bonds is 6. The molecule has 0 unspecified atom stereocenters. The van der Waals surface area contributed by atoms with Crippen molar-refractivity contribution in [2.24, 2.45) is 0 Å². The van der Waals surface area contributed by atoms with Gasteiger partial charge in [-0.2, -0.15) is 0 Å². The van der Waals surface area contributed by atoms with Gasteiger partial charge in [-0.15, -0.1) is 0 Å². The van der Waals surface area contributed by atoms with Crippen LogP contribution in [0.3, 0.4) is 0 Å². The molecule has 0 aliphatic carbocycles. The average Bonchev–Trinajstić information content (AvgIpc) is 2.75. The van der Waals surface area contributed by atoms with Gasteiger partial charge < -0.3 is 14.6 Å². The molecular weight excluding hydrogens is 294 g/mol. The van der Waals surface area contributed by atoms with E-state index >= 15 is 0 Å². The van der Waals surface area contributed by atoms with Gasteiger partial charge >= 0.3 is 0 Å². The molecule has 0 bridgehead atoms. The minimum Gasteiger partial charge on any atom is -0.367 e. The van der Waals surface area contributed by atoms with E-state index in [0.29, 0.717) is 0 Å². The lowest BCUT2D eigenvalue weighted by Gasteiger charge is -2.10. The van der Waals surface area contributed by atoms with Gasteiger partial charge in [0.25, 0.3) is 0 Å². The largest absolute Gasteiger partial charge is 0.367 e. The molecule has 2 heterocycles. The summed E-state index contributed by atoms with van der Waals surface area (Å²) in [6, 6.07) is 0. The predicted molar refractivity (Wildman–Crippen MR) is 77.0 cm³/mol. The van der Waals surface area contributed by atoms with Crippen LogP contribution in [0.4, 0.5) is 5.82 Å². The topological polar surface area (TPSA) is 45.5 Å². The zero-order valence-corrected chi connectivity index (χ0v) is 12.3. The highest BCUT2D eigenvalue weighted by molar-refractivity contribution is 9.10. The number of hydrogen-bond acceptors (Lipinski definition) is 4. The second-order valence-corrected chi connectivity index (χ2v) is 5.32. The average molecular weight is 312 g/mol. The van der Waals surface area contributed by atoms with Gasteiger partial charge in [-0.05, 0) is 49.4 Å². The second-order valence-electron chi connectivity index (χ2n) is 4.51. The Hall–Kier alpha value is -1.14. The molecule has 0 aliphatic heterocycles. The maximum absolute atomic E-state index is 4.42. The van der Waals surface area contributed by atoms with E-state index in [1.807, 2.05) is 16.8 Å². The Kier molecular flexibility index (Phi) is 4.54. The van der Waals surface area contributed by atoms with Crippen LogP contribution in [0.5, 0.6) is 0 Å². The van der Waals surface area contributed by atoms with E-state index in [1.54, 1.807) is 6.20 Å². The Morgan fingerprint density at radius 1 is 1.39 bits per heavy atom. The standard InChI is InChI=1S/C12H18BrN5/c1-17(2)7-4-3-5-14-11-12-15-6-8-18(12)9-10(13)16-11/h6,8-9H,3-5,7H2,1-2H3,(H,14,16). The molecule has 0 saturated heterocycles. The van der Waals surface area contributed by atoms with Crippen molar-refractivity contribution in [1.82, 2.24) is 19.3 Å². The molecule has 0 aromatic carbocycles. The van der Waals surface area contributed by atoms with Crippen LogP contribution in [0.25, 0.3) is 5.65 Å². The molecule has 0 amide bonds. The number of nitrogens with one attached hydrogen (secondary N) is 1. The first-order valence-electron chi connectivity index (χ1n) is 6.04. The zero-order chi connectivity index (χ0) is 13.0. The molecule has 0 fully saturated rings. The Labute approximate surface area is 115 Å². The van der Waals surface area contributed by atoms with Crippen molar-refractivity contribution in [2.45, 2.75) is 12.8 Å². The Morgan fingerprint density at radius 2 is 2.22 bits per heavy atom. The number of aromatic nitrogens is 3. The maximum Gasteiger partial charge on any atom is 0.180 e. The van der Waals surface area contributed by atoms with Crippen molar-refractivity contribution in [3.63, 3.8) is 0 Å². The van der Waals surface area contributed by atoms with E-state index in [2.05, 4.69) is 50.2 Å². The van der Waals surface area contributed by atoms with Crippen molar-refractivity contribution in [3.8, 4) is 0 Å². The van der Waals surface area contributed by atoms with Crippen molar-refractivity contribution >= 4 is 27.4 Å². The highest BCUT2D eigenvalue weighted by Crippen LogP contribution is 2.16. The van der Waals surface area contributed by atoms with Crippen LogP contribution in [0.1, 0.15) is 12.8 Å². The molecule has 0 atom stereocenters. The summed E-state index contributed by atoms with van der Waals surface area (Å²) >= 11 is 3.40. The fourth-order valence-corrected chi connectivity index (χ4v) is 2.18. The number of fused-ring (bicyclic) bond motifs is 1. The lowest BCUT2D eigenvalue weighted by molar-refractivity contribution is 0.396. The summed E-state index contributed by atoms with van der Waals surface area (Å²) in [6.45, 7) is 2.03. The van der Waals surface area contributed by atoms with Crippen molar-refractivity contribution in [2.75, 3.05) is 32.5 Å². The first kappa shape index (κ1) is 13.3. The molecular formula is C12H18BrN5. The molecule has 2 aromatic rings. The molecule has 2 rings (SSSR count). The third kappa shape index (κ3) is 3.43. The first-order chi connectivity index (χ1) is 8.66. The third-order valence-corrected chi connectivity index (χ3v) is 3.05. The van der Waals surface area contributed by atoms with Gasteiger partial charge in [0.2, 0.25) is 0 Å². The van der Waals surface area contributed by atoms with Crippen LogP contribution >= 0.6 is 15.9 Å². The highest BCUT2D eigenvalue weighted by Gasteiger charge is 2.05. The number of hydrogen-bond donors (Lipinski definition) is 1. The van der Waals surface area contributed by atoms with Crippen molar-refractivity contribution in [3.05, 3.63) is 23.2 Å².